The van der Waals surface area contributed by atoms with Gasteiger partial charge in [-0.05, 0) is 107 Å². The summed E-state index contributed by atoms with van der Waals surface area (Å²) in [6.45, 7) is 10.7. The molecule has 0 spiro atoms. The Morgan fingerprint density at radius 2 is 1.22 bits per heavy atom. The van der Waals surface area contributed by atoms with Crippen molar-refractivity contribution in [2.24, 2.45) is 23.7 Å². The maximum Gasteiger partial charge on any atom is 0.407 e. The summed E-state index contributed by atoms with van der Waals surface area (Å²) in [6, 6.07) is 14.3. The molecule has 6 heterocycles. The fourth-order valence-corrected chi connectivity index (χ4v) is 12.0. The number of carbonyl (C=O) groups excluding carboxylic acids is 4. The second-order valence-electron chi connectivity index (χ2n) is 19.5. The summed E-state index contributed by atoms with van der Waals surface area (Å²) in [6.07, 6.45) is 5.45. The van der Waals surface area contributed by atoms with Gasteiger partial charge in [0.2, 0.25) is 11.8 Å². The first-order valence-corrected chi connectivity index (χ1v) is 24.2. The van der Waals surface area contributed by atoms with Crippen molar-refractivity contribution in [2.75, 3.05) is 20.8 Å². The van der Waals surface area contributed by atoms with Crippen LogP contribution in [-0.4, -0.2) is 117 Å². The minimum absolute atomic E-state index is 0.0242. The Labute approximate surface area is 396 Å². The van der Waals surface area contributed by atoms with E-state index in [1.807, 2.05) is 80.1 Å². The number of alkyl carbamates (subject to hydrolysis) is 2. The van der Waals surface area contributed by atoms with E-state index in [2.05, 4.69) is 39.7 Å². The van der Waals surface area contributed by atoms with Crippen LogP contribution in [0, 0.1) is 23.7 Å². The molecular weight excluding hydrogens is 876 g/mol. The Balaban J connectivity index is 0.876. The number of carbonyl (C=O) groups is 4. The number of aromatic nitrogens is 4. The van der Waals surface area contributed by atoms with E-state index in [0.717, 1.165) is 46.6 Å². The number of hydrogen-bond donors (Lipinski definition) is 4. The van der Waals surface area contributed by atoms with Crippen molar-refractivity contribution in [1.29, 1.82) is 0 Å². The largest absolute Gasteiger partial charge is 0.453 e. The number of rotatable bonds is 11. The average molecular weight is 940 g/mol. The molecule has 2 aromatic heterocycles. The summed E-state index contributed by atoms with van der Waals surface area (Å²) in [4.78, 5) is 74.4. The summed E-state index contributed by atoms with van der Waals surface area (Å²) in [7, 11) is 2.62. The number of halogens is 1. The van der Waals surface area contributed by atoms with Gasteiger partial charge >= 0.3 is 12.2 Å². The molecule has 2 aromatic carbocycles. The van der Waals surface area contributed by atoms with E-state index in [0.29, 0.717) is 67.2 Å². The summed E-state index contributed by atoms with van der Waals surface area (Å²) < 4.78 is 21.8. The highest BCUT2D eigenvalue weighted by atomic mass is 35.5. The molecule has 5 unspecified atom stereocenters. The van der Waals surface area contributed by atoms with Crippen molar-refractivity contribution < 1.29 is 38.1 Å². The van der Waals surface area contributed by atoms with E-state index >= 15 is 0 Å². The van der Waals surface area contributed by atoms with E-state index in [1.165, 1.54) is 14.2 Å². The Hall–Kier alpha value is -5.45. The molecule has 0 radical (unpaired) electrons. The van der Waals surface area contributed by atoms with Gasteiger partial charge in [-0.15, -0.1) is 0 Å². The molecule has 5 fully saturated rings. The topological polar surface area (TPSA) is 193 Å². The number of imidazole rings is 2. The number of ether oxygens (including phenoxy) is 4. The van der Waals surface area contributed by atoms with Crippen LogP contribution >= 0.6 is 11.6 Å². The van der Waals surface area contributed by atoms with Gasteiger partial charge < -0.3 is 49.3 Å². The van der Waals surface area contributed by atoms with Crippen LogP contribution in [0.4, 0.5) is 9.59 Å². The highest BCUT2D eigenvalue weighted by Gasteiger charge is 2.62. The Morgan fingerprint density at radius 1 is 0.701 bits per heavy atom. The molecular formula is C50H63ClN8O8. The zero-order valence-electron chi connectivity index (χ0n) is 39.3. The Kier molecular flexibility index (Phi) is 13.4. The quantitative estimate of drug-likeness (QED) is 0.114. The smallest absolute Gasteiger partial charge is 0.407 e. The van der Waals surface area contributed by atoms with Crippen LogP contribution in [0.2, 0.25) is 5.15 Å². The zero-order valence-corrected chi connectivity index (χ0v) is 40.0. The summed E-state index contributed by atoms with van der Waals surface area (Å²) in [5, 5.41) is 6.13. The number of hydrogen-bond acceptors (Lipinski definition) is 10. The molecule has 4 N–H and O–H groups in total. The standard InChI is InChI=1S/C50H63ClN8O8/c1-25-19-34(20-26(2)66-25)41(55-49(62)64-6)47(60)58-18-8-9-38(58)46-54-40(44(51)57-46)33-16-12-31(13-17-33)30-10-14-32(15-11-30)37-24-52-45(53-37)39-23-36-29(5)43(36)59(39)48(61)42(56-50(63)65-7)35-21-27(3)67-28(4)22-35/h10-17,24-29,34-36,38-39,41-43H,8-9,18-23H2,1-7H3,(H,52,53)(H,54,57)(H,55,62)(H,56,63)/t25-,26+,27-,28+,29-,34?,35+,36?,38+,39+,41?,42?,43?/m1/s1. The monoisotopic (exact) mass is 938 g/mol. The minimum Gasteiger partial charge on any atom is -0.453 e. The summed E-state index contributed by atoms with van der Waals surface area (Å²) in [5.74, 6) is 1.66. The molecule has 4 aliphatic heterocycles. The van der Waals surface area contributed by atoms with Crippen LogP contribution in [-0.2, 0) is 28.5 Å². The van der Waals surface area contributed by atoms with Crippen LogP contribution in [0.1, 0.15) is 103 Å². The number of benzene rings is 2. The van der Waals surface area contributed by atoms with Crippen molar-refractivity contribution >= 4 is 35.6 Å². The lowest BCUT2D eigenvalue weighted by molar-refractivity contribution is -0.140. The van der Waals surface area contributed by atoms with Crippen molar-refractivity contribution in [3.8, 4) is 33.6 Å². The van der Waals surface area contributed by atoms with Crippen molar-refractivity contribution in [3.05, 3.63) is 71.5 Å². The van der Waals surface area contributed by atoms with Crippen molar-refractivity contribution in [1.82, 2.24) is 40.4 Å². The van der Waals surface area contributed by atoms with Crippen LogP contribution in [0.15, 0.2) is 54.7 Å². The molecule has 0 bridgehead atoms. The fraction of sp³-hybridized carbons (Fsp3) is 0.560. The maximum absolute atomic E-state index is 14.6. The van der Waals surface area contributed by atoms with Crippen molar-refractivity contribution in [3.63, 3.8) is 0 Å². The molecule has 4 saturated heterocycles. The van der Waals surface area contributed by atoms with E-state index < -0.39 is 24.3 Å². The second-order valence-corrected chi connectivity index (χ2v) is 19.9. The molecule has 4 amide bonds. The zero-order chi connectivity index (χ0) is 47.3. The third kappa shape index (κ3) is 9.53. The SMILES string of the molecule is COC(=O)NC(C(=O)N1CCC[C@H]1c1nc(-c2ccc(-c3ccc(-c4c[nH]c([C@@H]5CC6C([C@@H]6C)N5C(=O)C(NC(=O)OC)[C@H]5C[C@@H](C)O[C@@H](C)C5)n4)cc3)cc2)c(Cl)[nH]1)C1C[C@@H](C)O[C@@H](C)C1. The molecule has 13 atom stereocenters. The highest BCUT2D eigenvalue weighted by molar-refractivity contribution is 6.32. The van der Waals surface area contributed by atoms with Gasteiger partial charge in [-0.1, -0.05) is 67.1 Å². The van der Waals surface area contributed by atoms with E-state index in [1.54, 1.807) is 0 Å². The number of nitrogens with one attached hydrogen (secondary N) is 4. The van der Waals surface area contributed by atoms with Crippen LogP contribution in [0.25, 0.3) is 33.6 Å². The van der Waals surface area contributed by atoms with Gasteiger partial charge in [0.15, 0.2) is 0 Å². The highest BCUT2D eigenvalue weighted by Crippen LogP contribution is 2.58. The van der Waals surface area contributed by atoms with Gasteiger partial charge in [-0.3, -0.25) is 9.59 Å². The first kappa shape index (κ1) is 46.7. The van der Waals surface area contributed by atoms with Gasteiger partial charge in [0.05, 0.1) is 56.4 Å². The number of aromatic amines is 2. The average Bonchev–Trinajstić information content (AvgIpc) is 3.96. The van der Waals surface area contributed by atoms with Gasteiger partial charge in [0.25, 0.3) is 0 Å². The van der Waals surface area contributed by atoms with Crippen LogP contribution in [0.3, 0.4) is 0 Å². The second kappa shape index (κ2) is 19.3. The molecule has 1 saturated carbocycles. The molecule has 17 heteroatoms. The number of fused-ring (bicyclic) bond motifs is 1. The van der Waals surface area contributed by atoms with Gasteiger partial charge in [-0.2, -0.15) is 0 Å². The normalized spacial score (nSPS) is 30.0. The van der Waals surface area contributed by atoms with E-state index in [-0.39, 0.29) is 66.2 Å². The molecule has 4 aromatic rings. The molecule has 9 rings (SSSR count). The number of H-pyrrole nitrogens is 2. The number of methoxy groups -OCH3 is 2. The summed E-state index contributed by atoms with van der Waals surface area (Å²) in [5.41, 5.74) is 5.18. The van der Waals surface area contributed by atoms with Gasteiger partial charge in [0, 0.05) is 29.9 Å². The first-order valence-electron chi connectivity index (χ1n) is 23.9. The Bertz CT molecular complexity index is 2420. The molecule has 1 aliphatic carbocycles. The van der Waals surface area contributed by atoms with Crippen LogP contribution in [0.5, 0.6) is 0 Å². The fourth-order valence-electron chi connectivity index (χ4n) is 11.7. The molecule has 5 aliphatic rings. The predicted octanol–water partition coefficient (Wildman–Crippen LogP) is 8.22. The molecule has 67 heavy (non-hydrogen) atoms. The van der Waals surface area contributed by atoms with E-state index in [9.17, 15) is 19.2 Å². The third-order valence-electron chi connectivity index (χ3n) is 14.9. The lowest BCUT2D eigenvalue weighted by atomic mass is 9.85. The number of piperidine rings is 1. The summed E-state index contributed by atoms with van der Waals surface area (Å²) >= 11 is 6.82. The van der Waals surface area contributed by atoms with Gasteiger partial charge in [0.1, 0.15) is 34.6 Å². The third-order valence-corrected chi connectivity index (χ3v) is 15.2. The van der Waals surface area contributed by atoms with Crippen molar-refractivity contribution in [2.45, 2.75) is 134 Å². The first-order chi connectivity index (χ1) is 32.2. The Morgan fingerprint density at radius 3 is 1.78 bits per heavy atom. The lowest BCUT2D eigenvalue weighted by Crippen LogP contribution is -2.55. The molecule has 16 nitrogen and oxygen atoms in total. The molecule has 358 valence electrons. The van der Waals surface area contributed by atoms with E-state index in [4.69, 9.17) is 40.5 Å². The maximum atomic E-state index is 14.6. The van der Waals surface area contributed by atoms with Crippen LogP contribution < -0.4 is 10.6 Å². The minimum atomic E-state index is -0.757. The van der Waals surface area contributed by atoms with Gasteiger partial charge in [-0.25, -0.2) is 19.6 Å². The predicted molar refractivity (Wildman–Crippen MR) is 251 cm³/mol. The number of likely N-dealkylation sites (tertiary alicyclic amines) is 2. The number of nitrogens with zero attached hydrogens (tertiary/aromatic N) is 4. The lowest BCUT2D eigenvalue weighted by Gasteiger charge is -2.39. The number of amides is 4.